The molecule has 0 aromatic heterocycles. The van der Waals surface area contributed by atoms with Gasteiger partial charge in [-0.3, -0.25) is 0 Å². The van der Waals surface area contributed by atoms with Crippen molar-refractivity contribution in [1.29, 1.82) is 0 Å². The fraction of sp³-hybridized carbons (Fsp3) is 1.00. The highest BCUT2D eigenvalue weighted by Gasteiger charge is 2.56. The standard InChI is InChI=1S/C24H62NSi8/c1-19-25(20-2)33(22(5)6,24(31(13,14)15)32(16,17)18)27-26-28(21(3)4)23(29(7,8)9)30(10,11)12/h21-24H,19-20H2,1-18H3. The van der Waals surface area contributed by atoms with Gasteiger partial charge in [-0.1, -0.05) is 130 Å². The maximum absolute atomic E-state index is 3.13. The second-order valence-corrected chi connectivity index (χ2v) is 57.3. The molecule has 1 unspecified atom stereocenters. The monoisotopic (exact) mass is 588 g/mol. The van der Waals surface area contributed by atoms with Crippen molar-refractivity contribution in [2.24, 2.45) is 0 Å². The number of nitrogens with zero attached hydrogens (tertiary/aromatic N) is 1. The molecule has 0 aliphatic heterocycles. The van der Waals surface area contributed by atoms with Crippen molar-refractivity contribution in [2.45, 2.75) is 141 Å². The van der Waals surface area contributed by atoms with Crippen LogP contribution in [0.4, 0.5) is 0 Å². The highest BCUT2D eigenvalue weighted by atomic mass is 29.6. The number of rotatable bonds is 13. The summed E-state index contributed by atoms with van der Waals surface area (Å²) in [6.07, 6.45) is 0. The Bertz CT molecular complexity index is 590. The van der Waals surface area contributed by atoms with Gasteiger partial charge in [0.15, 0.2) is 0 Å². The Labute approximate surface area is 222 Å². The van der Waals surface area contributed by atoms with E-state index in [1.165, 1.54) is 29.4 Å². The minimum Gasteiger partial charge on any atom is -0.324 e. The molecule has 0 heterocycles. The van der Waals surface area contributed by atoms with Crippen molar-refractivity contribution in [3.05, 3.63) is 0 Å². The van der Waals surface area contributed by atoms with E-state index >= 15 is 0 Å². The lowest BCUT2D eigenvalue weighted by Crippen LogP contribution is -2.72. The maximum Gasteiger partial charge on any atom is 0.131 e. The number of hydrogen-bond acceptors (Lipinski definition) is 1. The third-order valence-corrected chi connectivity index (χ3v) is 69.4. The quantitative estimate of drug-likeness (QED) is 0.196. The minimum absolute atomic E-state index is 0.350. The molecular formula is C24H62NSi8. The molecule has 0 bridgehead atoms. The van der Waals surface area contributed by atoms with Crippen LogP contribution >= 0.6 is 0 Å². The predicted molar refractivity (Wildman–Crippen MR) is 177 cm³/mol. The first-order valence-corrected chi connectivity index (χ1v) is 36.7. The molecule has 0 aromatic rings. The largest absolute Gasteiger partial charge is 0.324 e. The Balaban J connectivity index is 7.27. The molecule has 0 spiro atoms. The average Bonchev–Trinajstić information content (AvgIpc) is 2.53. The predicted octanol–water partition coefficient (Wildman–Crippen LogP) is 8.16. The van der Waals surface area contributed by atoms with E-state index in [-0.39, 0.29) is 8.31 Å². The molecule has 1 atom stereocenters. The van der Waals surface area contributed by atoms with E-state index in [2.05, 4.69) is 125 Å². The lowest BCUT2D eigenvalue weighted by molar-refractivity contribution is 0.462. The van der Waals surface area contributed by atoms with Crippen molar-refractivity contribution in [2.75, 3.05) is 13.1 Å². The molecule has 0 aliphatic rings. The lowest BCUT2D eigenvalue weighted by atomic mass is 10.6. The average molecular weight is 589 g/mol. The Morgan fingerprint density at radius 2 is 1.00 bits per heavy atom. The fourth-order valence-electron chi connectivity index (χ4n) is 7.50. The van der Waals surface area contributed by atoms with Gasteiger partial charge in [-0.05, 0) is 39.7 Å². The normalized spacial score (nSPS) is 17.0. The first-order chi connectivity index (χ1) is 14.5. The van der Waals surface area contributed by atoms with Crippen LogP contribution in [0, 0.1) is 0 Å². The smallest absolute Gasteiger partial charge is 0.131 e. The Morgan fingerprint density at radius 3 is 1.21 bits per heavy atom. The molecule has 0 fully saturated rings. The lowest BCUT2D eigenvalue weighted by Gasteiger charge is -2.56. The molecule has 0 amide bonds. The van der Waals surface area contributed by atoms with Crippen LogP contribution in [0.2, 0.25) is 99.2 Å². The molecule has 0 N–H and O–H groups in total. The van der Waals surface area contributed by atoms with Crippen LogP contribution in [-0.4, -0.2) is 82.3 Å². The van der Waals surface area contributed by atoms with Gasteiger partial charge in [0.05, 0.1) is 8.31 Å². The van der Waals surface area contributed by atoms with Crippen LogP contribution in [0.15, 0.2) is 0 Å². The topological polar surface area (TPSA) is 3.24 Å². The van der Waals surface area contributed by atoms with Gasteiger partial charge in [0.2, 0.25) is 0 Å². The second-order valence-electron chi connectivity index (χ2n) is 15.3. The van der Waals surface area contributed by atoms with E-state index in [1.807, 2.05) is 0 Å². The fourth-order valence-corrected chi connectivity index (χ4v) is 106. The van der Waals surface area contributed by atoms with Crippen LogP contribution in [0.25, 0.3) is 0 Å². The molecule has 1 nitrogen and oxygen atoms in total. The van der Waals surface area contributed by atoms with Gasteiger partial charge in [0.1, 0.15) is 7.75 Å². The van der Waals surface area contributed by atoms with Gasteiger partial charge in [-0.25, -0.2) is 0 Å². The van der Waals surface area contributed by atoms with Crippen molar-refractivity contribution in [3.8, 4) is 0 Å². The van der Waals surface area contributed by atoms with Crippen LogP contribution < -0.4 is 0 Å². The summed E-state index contributed by atoms with van der Waals surface area (Å²) in [5.74, 6) is 0. The minimum atomic E-state index is -1.62. The van der Waals surface area contributed by atoms with Gasteiger partial charge < -0.3 is 4.57 Å². The molecule has 0 saturated carbocycles. The first-order valence-electron chi connectivity index (χ1n) is 13.6. The van der Waals surface area contributed by atoms with Crippen LogP contribution in [0.5, 0.6) is 0 Å². The summed E-state index contributed by atoms with van der Waals surface area (Å²) in [6.45, 7) is 50.7. The summed E-state index contributed by atoms with van der Waals surface area (Å²) < 4.78 is 3.13. The molecule has 3 radical (unpaired) electrons. The SMILES string of the molecule is CCN(CC)[Si]([Si]=[Si][Si](C(C)C)C([Si](C)(C)C)[Si](C)(C)C)(C(C)C)C([Si](C)(C)C)[Si](C)(C)C. The molecule has 9 heteroatoms. The van der Waals surface area contributed by atoms with Crippen molar-refractivity contribution in [3.63, 3.8) is 0 Å². The summed E-state index contributed by atoms with van der Waals surface area (Å²) in [6, 6.07) is 0. The van der Waals surface area contributed by atoms with E-state index in [0.717, 1.165) is 20.7 Å². The van der Waals surface area contributed by atoms with Gasteiger partial charge in [-0.2, -0.15) is 0 Å². The third-order valence-electron chi connectivity index (χ3n) is 7.41. The zero-order valence-electron chi connectivity index (χ0n) is 26.2. The van der Waals surface area contributed by atoms with Crippen LogP contribution in [0.1, 0.15) is 41.5 Å². The molecule has 195 valence electrons. The molecular weight excluding hydrogens is 527 g/mol. The zero-order chi connectivity index (χ0) is 26.8. The van der Waals surface area contributed by atoms with Crippen LogP contribution in [0.3, 0.4) is 0 Å². The molecule has 33 heavy (non-hydrogen) atoms. The highest BCUT2D eigenvalue weighted by molar-refractivity contribution is 7.46. The summed E-state index contributed by atoms with van der Waals surface area (Å²) in [4.78, 5) is 2.21. The van der Waals surface area contributed by atoms with Crippen LogP contribution in [-0.2, 0) is 0 Å². The molecule has 0 rings (SSSR count). The first kappa shape index (κ1) is 34.7. The van der Waals surface area contributed by atoms with E-state index in [9.17, 15) is 0 Å². The third kappa shape index (κ3) is 8.89. The summed E-state index contributed by atoms with van der Waals surface area (Å²) >= 11 is 0. The van der Waals surface area contributed by atoms with E-state index < -0.39 is 40.0 Å². The van der Waals surface area contributed by atoms with Gasteiger partial charge in [-0.15, -0.1) is 0 Å². The maximum atomic E-state index is 3.13. The van der Waals surface area contributed by atoms with Gasteiger partial charge >= 0.3 is 0 Å². The Kier molecular flexibility index (Phi) is 13.1. The van der Waals surface area contributed by atoms with Gasteiger partial charge in [0.25, 0.3) is 0 Å². The molecule has 0 aliphatic carbocycles. The molecule has 0 aromatic carbocycles. The highest BCUT2D eigenvalue weighted by Crippen LogP contribution is 2.46. The van der Waals surface area contributed by atoms with E-state index in [4.69, 9.17) is 0 Å². The van der Waals surface area contributed by atoms with Crippen molar-refractivity contribution < 1.29 is 0 Å². The second kappa shape index (κ2) is 12.5. The summed E-state index contributed by atoms with van der Waals surface area (Å²) in [5.41, 5.74) is 1.80. The summed E-state index contributed by atoms with van der Waals surface area (Å²) in [5, 5.41) is 0. The van der Waals surface area contributed by atoms with Crippen molar-refractivity contribution in [1.82, 2.24) is 4.57 Å². The molecule has 0 saturated heterocycles. The number of hydrogen-bond donors (Lipinski definition) is 0. The van der Waals surface area contributed by atoms with Crippen molar-refractivity contribution >= 4 is 64.6 Å². The Hall–Kier alpha value is 1.70. The Morgan fingerprint density at radius 1 is 0.636 bits per heavy atom. The zero-order valence-corrected chi connectivity index (χ0v) is 34.2. The van der Waals surface area contributed by atoms with Gasteiger partial charge in [0, 0.05) is 32.3 Å². The summed E-state index contributed by atoms with van der Waals surface area (Å²) in [7, 11) is -4.36. The van der Waals surface area contributed by atoms with E-state index in [1.54, 1.807) is 0 Å². The van der Waals surface area contributed by atoms with E-state index in [0.29, 0.717) is 0 Å².